The lowest BCUT2D eigenvalue weighted by atomic mass is 10.1. The fourth-order valence-corrected chi connectivity index (χ4v) is 2.11. The molecule has 5 nitrogen and oxygen atoms in total. The summed E-state index contributed by atoms with van der Waals surface area (Å²) in [6.45, 7) is 4.96. The second kappa shape index (κ2) is 5.93. The molecule has 1 atom stereocenters. The van der Waals surface area contributed by atoms with E-state index in [0.29, 0.717) is 6.54 Å². The number of H-pyrrole nitrogens is 1. The highest BCUT2D eigenvalue weighted by Crippen LogP contribution is 2.17. The van der Waals surface area contributed by atoms with Gasteiger partial charge in [-0.15, -0.1) is 0 Å². The molecule has 0 bridgehead atoms. The molecule has 0 radical (unpaired) electrons. The summed E-state index contributed by atoms with van der Waals surface area (Å²) in [6.07, 6.45) is 5.59. The molecule has 0 saturated carbocycles. The number of hydrogen-bond acceptors (Lipinski definition) is 4. The molecule has 3 N–H and O–H groups in total. The van der Waals surface area contributed by atoms with Gasteiger partial charge in [0.15, 0.2) is 0 Å². The van der Waals surface area contributed by atoms with Crippen LogP contribution in [0.15, 0.2) is 12.5 Å². The van der Waals surface area contributed by atoms with Gasteiger partial charge in [-0.1, -0.05) is 13.3 Å². The minimum Gasteiger partial charge on any atom is -0.395 e. The van der Waals surface area contributed by atoms with Crippen LogP contribution in [0.25, 0.3) is 11.0 Å². The molecule has 0 aliphatic heterocycles. The minimum atomic E-state index is 0.155. The smallest absolute Gasteiger partial charge is 0.116 e. The van der Waals surface area contributed by atoms with Crippen molar-refractivity contribution in [3.05, 3.63) is 23.8 Å². The van der Waals surface area contributed by atoms with E-state index in [1.807, 2.05) is 13.1 Å². The number of aromatic nitrogens is 3. The number of aromatic amines is 1. The van der Waals surface area contributed by atoms with Crippen molar-refractivity contribution in [3.63, 3.8) is 0 Å². The van der Waals surface area contributed by atoms with E-state index in [9.17, 15) is 5.11 Å². The van der Waals surface area contributed by atoms with Gasteiger partial charge in [0, 0.05) is 24.3 Å². The van der Waals surface area contributed by atoms with E-state index in [4.69, 9.17) is 0 Å². The lowest BCUT2D eigenvalue weighted by Crippen LogP contribution is -2.31. The second-order valence-corrected chi connectivity index (χ2v) is 4.55. The molecule has 18 heavy (non-hydrogen) atoms. The predicted molar refractivity (Wildman–Crippen MR) is 71.2 cm³/mol. The number of aliphatic hydroxyl groups excluding tert-OH is 1. The third-order valence-electron chi connectivity index (χ3n) is 3.17. The number of aryl methyl sites for hydroxylation is 1. The Kier molecular flexibility index (Phi) is 4.28. The quantitative estimate of drug-likeness (QED) is 0.724. The van der Waals surface area contributed by atoms with Crippen molar-refractivity contribution in [2.45, 2.75) is 39.3 Å². The van der Waals surface area contributed by atoms with Gasteiger partial charge < -0.3 is 15.4 Å². The Hall–Kier alpha value is -1.46. The van der Waals surface area contributed by atoms with Crippen LogP contribution in [0.4, 0.5) is 0 Å². The van der Waals surface area contributed by atoms with Crippen LogP contribution >= 0.6 is 0 Å². The molecular weight excluding hydrogens is 228 g/mol. The van der Waals surface area contributed by atoms with Gasteiger partial charge in [-0.25, -0.2) is 9.97 Å². The van der Waals surface area contributed by atoms with Crippen molar-refractivity contribution >= 4 is 11.0 Å². The minimum absolute atomic E-state index is 0.155. The lowest BCUT2D eigenvalue weighted by Gasteiger charge is -2.14. The third-order valence-corrected chi connectivity index (χ3v) is 3.17. The van der Waals surface area contributed by atoms with Crippen LogP contribution in [0.2, 0.25) is 0 Å². The van der Waals surface area contributed by atoms with Gasteiger partial charge in [0.1, 0.15) is 6.33 Å². The molecule has 1 unspecified atom stereocenters. The van der Waals surface area contributed by atoms with Crippen LogP contribution in [0.1, 0.15) is 31.0 Å². The Labute approximate surface area is 107 Å². The number of aliphatic hydroxyl groups is 1. The Bertz CT molecular complexity index is 509. The molecule has 0 aliphatic rings. The summed E-state index contributed by atoms with van der Waals surface area (Å²) >= 11 is 0. The molecule has 2 aromatic rings. The summed E-state index contributed by atoms with van der Waals surface area (Å²) in [5.74, 6) is 0. The summed E-state index contributed by atoms with van der Waals surface area (Å²) < 4.78 is 0. The molecular formula is C13H20N4O. The molecule has 0 aromatic carbocycles. The van der Waals surface area contributed by atoms with Gasteiger partial charge in [0.2, 0.25) is 0 Å². The summed E-state index contributed by atoms with van der Waals surface area (Å²) in [7, 11) is 0. The molecule has 5 heteroatoms. The zero-order chi connectivity index (χ0) is 13.0. The number of fused-ring (bicyclic) bond motifs is 1. The molecule has 0 spiro atoms. The van der Waals surface area contributed by atoms with Crippen LogP contribution in [0.5, 0.6) is 0 Å². The molecule has 0 amide bonds. The van der Waals surface area contributed by atoms with Gasteiger partial charge in [-0.05, 0) is 13.3 Å². The Morgan fingerprint density at radius 3 is 3.00 bits per heavy atom. The average Bonchev–Trinajstić information content (AvgIpc) is 2.79. The Morgan fingerprint density at radius 1 is 1.44 bits per heavy atom. The monoisotopic (exact) mass is 248 g/mol. The second-order valence-electron chi connectivity index (χ2n) is 4.55. The molecule has 0 fully saturated rings. The van der Waals surface area contributed by atoms with E-state index < -0.39 is 0 Å². The average molecular weight is 248 g/mol. The van der Waals surface area contributed by atoms with Gasteiger partial charge in [-0.2, -0.15) is 0 Å². The van der Waals surface area contributed by atoms with E-state index in [0.717, 1.165) is 35.1 Å². The molecule has 2 aromatic heterocycles. The zero-order valence-electron chi connectivity index (χ0n) is 10.9. The standard InChI is InChI=1S/C13H20N4O/c1-3-4-11(7-18)14-5-10-6-15-12-9(2)16-8-17-13(10)12/h6,8,11,14-15,18H,3-5,7H2,1-2H3. The molecule has 0 aliphatic carbocycles. The van der Waals surface area contributed by atoms with E-state index in [-0.39, 0.29) is 12.6 Å². The van der Waals surface area contributed by atoms with Crippen LogP contribution in [-0.2, 0) is 6.54 Å². The van der Waals surface area contributed by atoms with Gasteiger partial charge >= 0.3 is 0 Å². The number of nitrogens with zero attached hydrogens (tertiary/aromatic N) is 2. The fraction of sp³-hybridized carbons (Fsp3) is 0.538. The highest BCUT2D eigenvalue weighted by molar-refractivity contribution is 5.80. The van der Waals surface area contributed by atoms with Crippen molar-refractivity contribution in [3.8, 4) is 0 Å². The summed E-state index contributed by atoms with van der Waals surface area (Å²) in [5, 5.41) is 12.6. The Balaban J connectivity index is 2.10. The van der Waals surface area contributed by atoms with Crippen LogP contribution in [0, 0.1) is 6.92 Å². The summed E-state index contributed by atoms with van der Waals surface area (Å²) in [6, 6.07) is 0.155. The van der Waals surface area contributed by atoms with E-state index in [2.05, 4.69) is 27.2 Å². The van der Waals surface area contributed by atoms with E-state index >= 15 is 0 Å². The van der Waals surface area contributed by atoms with Crippen LogP contribution in [0.3, 0.4) is 0 Å². The van der Waals surface area contributed by atoms with Crippen molar-refractivity contribution in [1.29, 1.82) is 0 Å². The summed E-state index contributed by atoms with van der Waals surface area (Å²) in [5.41, 5.74) is 4.03. The van der Waals surface area contributed by atoms with Crippen LogP contribution in [-0.4, -0.2) is 32.7 Å². The maximum Gasteiger partial charge on any atom is 0.116 e. The van der Waals surface area contributed by atoms with Crippen molar-refractivity contribution < 1.29 is 5.11 Å². The molecule has 2 heterocycles. The first-order valence-corrected chi connectivity index (χ1v) is 6.38. The predicted octanol–water partition coefficient (Wildman–Crippen LogP) is 1.52. The maximum atomic E-state index is 9.25. The molecule has 2 rings (SSSR count). The number of nitrogens with one attached hydrogen (secondary N) is 2. The number of rotatable bonds is 6. The summed E-state index contributed by atoms with van der Waals surface area (Å²) in [4.78, 5) is 11.7. The molecule has 98 valence electrons. The van der Waals surface area contributed by atoms with E-state index in [1.54, 1.807) is 6.33 Å². The highest BCUT2D eigenvalue weighted by Gasteiger charge is 2.10. The zero-order valence-corrected chi connectivity index (χ0v) is 10.9. The topological polar surface area (TPSA) is 73.8 Å². The van der Waals surface area contributed by atoms with Gasteiger partial charge in [0.25, 0.3) is 0 Å². The molecule has 0 saturated heterocycles. The third kappa shape index (κ3) is 2.68. The van der Waals surface area contributed by atoms with Gasteiger partial charge in [-0.3, -0.25) is 0 Å². The fourth-order valence-electron chi connectivity index (χ4n) is 2.11. The Morgan fingerprint density at radius 2 is 2.28 bits per heavy atom. The van der Waals surface area contributed by atoms with Crippen molar-refractivity contribution in [2.24, 2.45) is 0 Å². The van der Waals surface area contributed by atoms with E-state index in [1.165, 1.54) is 0 Å². The van der Waals surface area contributed by atoms with Crippen LogP contribution < -0.4 is 5.32 Å². The highest BCUT2D eigenvalue weighted by atomic mass is 16.3. The first-order valence-electron chi connectivity index (χ1n) is 6.38. The largest absolute Gasteiger partial charge is 0.395 e. The first kappa shape index (κ1) is 13.0. The first-order chi connectivity index (χ1) is 8.76. The van der Waals surface area contributed by atoms with Gasteiger partial charge in [0.05, 0.1) is 23.3 Å². The number of hydrogen-bond donors (Lipinski definition) is 3. The van der Waals surface area contributed by atoms with Crippen molar-refractivity contribution in [2.75, 3.05) is 6.61 Å². The van der Waals surface area contributed by atoms with Crippen molar-refractivity contribution in [1.82, 2.24) is 20.3 Å². The lowest BCUT2D eigenvalue weighted by molar-refractivity contribution is 0.234. The maximum absolute atomic E-state index is 9.25. The normalized spacial score (nSPS) is 13.1. The SMILES string of the molecule is CCCC(CO)NCc1c[nH]c2c(C)ncnc12.